The molecule has 6 nitrogen and oxygen atoms in total. The van der Waals surface area contributed by atoms with E-state index in [1.807, 2.05) is 26.0 Å². The Hall–Kier alpha value is -2.93. The number of hydrogen-bond donors (Lipinski definition) is 3. The van der Waals surface area contributed by atoms with Crippen LogP contribution in [0.25, 0.3) is 22.5 Å². The fourth-order valence-corrected chi connectivity index (χ4v) is 4.11. The van der Waals surface area contributed by atoms with Gasteiger partial charge in [0.15, 0.2) is 5.78 Å². The van der Waals surface area contributed by atoms with Crippen molar-refractivity contribution in [1.82, 2.24) is 10.2 Å². The molecule has 0 bridgehead atoms. The molecule has 0 fully saturated rings. The van der Waals surface area contributed by atoms with E-state index in [1.54, 1.807) is 23.5 Å². The Morgan fingerprint density at radius 2 is 2.04 bits per heavy atom. The smallest absolute Gasteiger partial charge is 0.316 e. The van der Waals surface area contributed by atoms with E-state index in [-0.39, 0.29) is 5.78 Å². The molecule has 4 N–H and O–H groups in total. The van der Waals surface area contributed by atoms with E-state index in [4.69, 9.17) is 5.73 Å². The highest BCUT2D eigenvalue weighted by Gasteiger charge is 2.35. The predicted octanol–water partition coefficient (Wildman–Crippen LogP) is 3.46. The van der Waals surface area contributed by atoms with Gasteiger partial charge in [-0.05, 0) is 26.0 Å². The third kappa shape index (κ3) is 1.98. The maximum atomic E-state index is 13.0. The van der Waals surface area contributed by atoms with Crippen LogP contribution in [0.4, 0.5) is 10.5 Å². The molecule has 4 rings (SSSR count). The van der Waals surface area contributed by atoms with Crippen LogP contribution >= 0.6 is 11.3 Å². The summed E-state index contributed by atoms with van der Waals surface area (Å²) in [6.07, 6.45) is 0. The van der Waals surface area contributed by atoms with E-state index in [2.05, 4.69) is 15.5 Å². The molecular formula is C17H14N4O2S. The van der Waals surface area contributed by atoms with Gasteiger partial charge in [0.05, 0.1) is 22.5 Å². The van der Waals surface area contributed by atoms with Crippen LogP contribution in [0.1, 0.15) is 25.7 Å². The summed E-state index contributed by atoms with van der Waals surface area (Å²) < 4.78 is 0. The summed E-state index contributed by atoms with van der Waals surface area (Å²) in [5, 5.41) is 9.87. The Kier molecular flexibility index (Phi) is 3.07. The van der Waals surface area contributed by atoms with Crippen molar-refractivity contribution in [1.29, 1.82) is 0 Å². The molecule has 0 radical (unpaired) electrons. The minimum Gasteiger partial charge on any atom is -0.351 e. The molecule has 2 aromatic heterocycles. The third-order valence-electron chi connectivity index (χ3n) is 4.11. The second-order valence-electron chi connectivity index (χ2n) is 5.70. The summed E-state index contributed by atoms with van der Waals surface area (Å²) >= 11 is 1.67. The van der Waals surface area contributed by atoms with Crippen molar-refractivity contribution in [3.63, 3.8) is 0 Å². The first kappa shape index (κ1) is 14.6. The summed E-state index contributed by atoms with van der Waals surface area (Å²) in [4.78, 5) is 26.5. The monoisotopic (exact) mass is 338 g/mol. The van der Waals surface area contributed by atoms with Crippen LogP contribution in [0.2, 0.25) is 0 Å². The Bertz CT molecular complexity index is 1020. The molecule has 1 aliphatic carbocycles. The Morgan fingerprint density at radius 3 is 2.71 bits per heavy atom. The number of nitrogens with zero attached hydrogens (tertiary/aromatic N) is 1. The number of anilines is 1. The molecule has 0 atom stereocenters. The first-order valence-corrected chi connectivity index (χ1v) is 8.19. The number of fused-ring (bicyclic) bond motifs is 3. The highest BCUT2D eigenvalue weighted by molar-refractivity contribution is 7.12. The van der Waals surface area contributed by atoms with Crippen molar-refractivity contribution in [3.8, 4) is 22.5 Å². The van der Waals surface area contributed by atoms with Gasteiger partial charge in [-0.3, -0.25) is 9.89 Å². The number of amides is 2. The number of thiophene rings is 1. The number of carbonyl (C=O) groups excluding carboxylic acids is 2. The van der Waals surface area contributed by atoms with E-state index >= 15 is 0 Å². The number of primary amides is 1. The lowest BCUT2D eigenvalue weighted by molar-refractivity contribution is 0.104. The maximum absolute atomic E-state index is 13.0. The molecule has 120 valence electrons. The molecule has 0 unspecified atom stereocenters. The number of carbonyl (C=O) groups is 2. The molecule has 1 aliphatic rings. The maximum Gasteiger partial charge on any atom is 0.316 e. The first-order valence-electron chi connectivity index (χ1n) is 7.37. The highest BCUT2D eigenvalue weighted by Crippen LogP contribution is 2.44. The normalized spacial score (nSPS) is 12.2. The van der Waals surface area contributed by atoms with Gasteiger partial charge in [-0.25, -0.2) is 4.79 Å². The van der Waals surface area contributed by atoms with Crippen LogP contribution in [-0.2, 0) is 0 Å². The van der Waals surface area contributed by atoms with E-state index in [1.165, 1.54) is 4.88 Å². The molecule has 7 heteroatoms. The Morgan fingerprint density at radius 1 is 1.25 bits per heavy atom. The van der Waals surface area contributed by atoms with Gasteiger partial charge >= 0.3 is 6.03 Å². The number of urea groups is 1. The van der Waals surface area contributed by atoms with Crippen LogP contribution in [0, 0.1) is 13.8 Å². The van der Waals surface area contributed by atoms with Gasteiger partial charge < -0.3 is 11.1 Å². The number of ketones is 1. The molecule has 0 saturated carbocycles. The van der Waals surface area contributed by atoms with Crippen molar-refractivity contribution in [3.05, 3.63) is 45.1 Å². The zero-order valence-corrected chi connectivity index (χ0v) is 13.9. The van der Waals surface area contributed by atoms with Gasteiger partial charge in [0.25, 0.3) is 0 Å². The second kappa shape index (κ2) is 5.04. The summed E-state index contributed by atoms with van der Waals surface area (Å²) in [6.45, 7) is 4.04. The lowest BCUT2D eigenvalue weighted by Crippen LogP contribution is -2.20. The lowest BCUT2D eigenvalue weighted by atomic mass is 10.0. The molecule has 3 aromatic rings. The summed E-state index contributed by atoms with van der Waals surface area (Å²) in [5.74, 6) is -0.156. The number of nitrogens with one attached hydrogen (secondary N) is 2. The number of aromatic nitrogens is 2. The molecule has 0 spiro atoms. The van der Waals surface area contributed by atoms with Crippen molar-refractivity contribution >= 4 is 28.8 Å². The average Bonchev–Trinajstić information content (AvgIpc) is 3.15. The van der Waals surface area contributed by atoms with E-state index in [9.17, 15) is 9.59 Å². The second-order valence-corrected chi connectivity index (χ2v) is 7.16. The number of hydrogen-bond acceptors (Lipinski definition) is 4. The fourth-order valence-electron chi connectivity index (χ4n) is 3.19. The van der Waals surface area contributed by atoms with Crippen LogP contribution in [0.3, 0.4) is 0 Å². The molecule has 0 saturated heterocycles. The lowest BCUT2D eigenvalue weighted by Gasteiger charge is -2.07. The SMILES string of the molecule is Cc1cc(-c2n[nH]c3c2C(=O)c2c(NC(N)=O)cccc2-3)c(C)s1. The van der Waals surface area contributed by atoms with Crippen molar-refractivity contribution in [2.75, 3.05) is 5.32 Å². The standard InChI is InChI=1S/C17H14N4O2S/c1-7-6-10(8(2)24-7)15-13-14(20-21-15)9-4-3-5-11(19-17(18)23)12(9)16(13)22/h3-6H,1-2H3,(H,20,21)(H3,18,19,23). The molecule has 1 aromatic carbocycles. The number of nitrogens with two attached hydrogens (primary N) is 1. The molecule has 24 heavy (non-hydrogen) atoms. The molecule has 2 heterocycles. The number of H-pyrrole nitrogens is 1. The molecular weight excluding hydrogens is 324 g/mol. The number of rotatable bonds is 2. The fraction of sp³-hybridized carbons (Fsp3) is 0.118. The average molecular weight is 338 g/mol. The van der Waals surface area contributed by atoms with Gasteiger partial charge in [0, 0.05) is 20.9 Å². The van der Waals surface area contributed by atoms with Crippen LogP contribution in [0.15, 0.2) is 24.3 Å². The van der Waals surface area contributed by atoms with Gasteiger partial charge in [0.1, 0.15) is 5.69 Å². The zero-order valence-electron chi connectivity index (χ0n) is 13.1. The van der Waals surface area contributed by atoms with Gasteiger partial charge in [-0.2, -0.15) is 5.10 Å². The van der Waals surface area contributed by atoms with Crippen LogP contribution < -0.4 is 11.1 Å². The van der Waals surface area contributed by atoms with Crippen molar-refractivity contribution < 1.29 is 9.59 Å². The van der Waals surface area contributed by atoms with Gasteiger partial charge in [-0.15, -0.1) is 11.3 Å². The molecule has 2 amide bonds. The predicted molar refractivity (Wildman–Crippen MR) is 93.4 cm³/mol. The Balaban J connectivity index is 1.91. The van der Waals surface area contributed by atoms with Crippen LogP contribution in [-0.4, -0.2) is 22.0 Å². The quantitative estimate of drug-likeness (QED) is 0.522. The van der Waals surface area contributed by atoms with Crippen LogP contribution in [0.5, 0.6) is 0 Å². The number of benzene rings is 1. The minimum absolute atomic E-state index is 0.156. The van der Waals surface area contributed by atoms with E-state index in [0.717, 1.165) is 16.0 Å². The third-order valence-corrected chi connectivity index (χ3v) is 5.07. The summed E-state index contributed by atoms with van der Waals surface area (Å²) in [5.41, 5.74) is 9.64. The molecule has 0 aliphatic heterocycles. The topological polar surface area (TPSA) is 101 Å². The number of aromatic amines is 1. The largest absolute Gasteiger partial charge is 0.351 e. The highest BCUT2D eigenvalue weighted by atomic mass is 32.1. The van der Waals surface area contributed by atoms with Crippen molar-refractivity contribution in [2.24, 2.45) is 5.73 Å². The first-order chi connectivity index (χ1) is 11.5. The summed E-state index contributed by atoms with van der Waals surface area (Å²) in [7, 11) is 0. The van der Waals surface area contributed by atoms with Gasteiger partial charge in [0.2, 0.25) is 0 Å². The van der Waals surface area contributed by atoms with E-state index in [0.29, 0.717) is 28.2 Å². The zero-order chi connectivity index (χ0) is 17.0. The van der Waals surface area contributed by atoms with Gasteiger partial charge in [-0.1, -0.05) is 12.1 Å². The van der Waals surface area contributed by atoms with E-state index < -0.39 is 6.03 Å². The Labute approximate surface area is 141 Å². The number of aryl methyl sites for hydroxylation is 2. The van der Waals surface area contributed by atoms with Crippen molar-refractivity contribution in [2.45, 2.75) is 13.8 Å². The summed E-state index contributed by atoms with van der Waals surface area (Å²) in [6, 6.07) is 6.61. The minimum atomic E-state index is -0.700.